The summed E-state index contributed by atoms with van der Waals surface area (Å²) >= 11 is 0. The zero-order valence-corrected chi connectivity index (χ0v) is 10.4. The van der Waals surface area contributed by atoms with Crippen molar-refractivity contribution in [2.45, 2.75) is 44.6 Å². The standard InChI is InChI=1S/C14H21NO/c1-10(2)12-8-11(4-5-13(12)16-3)9-14(15)6-7-14/h4-5,8,10H,6-7,9,15H2,1-3H3. The van der Waals surface area contributed by atoms with E-state index in [1.54, 1.807) is 7.11 Å². The third kappa shape index (κ3) is 2.38. The largest absolute Gasteiger partial charge is 0.496 e. The van der Waals surface area contributed by atoms with Gasteiger partial charge >= 0.3 is 0 Å². The Kier molecular flexibility index (Phi) is 2.94. The molecule has 2 rings (SSSR count). The summed E-state index contributed by atoms with van der Waals surface area (Å²) in [4.78, 5) is 0. The van der Waals surface area contributed by atoms with Gasteiger partial charge in [-0.25, -0.2) is 0 Å². The smallest absolute Gasteiger partial charge is 0.122 e. The molecule has 0 saturated heterocycles. The van der Waals surface area contributed by atoms with Gasteiger partial charge in [0, 0.05) is 5.54 Å². The molecular formula is C14H21NO. The number of rotatable bonds is 4. The van der Waals surface area contributed by atoms with Crippen molar-refractivity contribution in [3.05, 3.63) is 29.3 Å². The Morgan fingerprint density at radius 1 is 1.38 bits per heavy atom. The van der Waals surface area contributed by atoms with Crippen LogP contribution in [0.1, 0.15) is 43.7 Å². The lowest BCUT2D eigenvalue weighted by Crippen LogP contribution is -2.24. The van der Waals surface area contributed by atoms with Gasteiger partial charge in [-0.1, -0.05) is 26.0 Å². The fourth-order valence-corrected chi connectivity index (χ4v) is 2.09. The zero-order chi connectivity index (χ0) is 11.8. The lowest BCUT2D eigenvalue weighted by atomic mass is 9.96. The summed E-state index contributed by atoms with van der Waals surface area (Å²) in [6, 6.07) is 6.45. The average Bonchev–Trinajstić information content (AvgIpc) is 2.96. The van der Waals surface area contributed by atoms with Crippen LogP contribution in [0, 0.1) is 0 Å². The van der Waals surface area contributed by atoms with E-state index in [0.717, 1.165) is 25.0 Å². The van der Waals surface area contributed by atoms with Crippen LogP contribution >= 0.6 is 0 Å². The van der Waals surface area contributed by atoms with Crippen molar-refractivity contribution in [3.8, 4) is 5.75 Å². The molecule has 0 heterocycles. The lowest BCUT2D eigenvalue weighted by molar-refractivity contribution is 0.407. The summed E-state index contributed by atoms with van der Waals surface area (Å²) in [6.07, 6.45) is 3.32. The van der Waals surface area contributed by atoms with Crippen LogP contribution in [-0.2, 0) is 6.42 Å². The molecule has 0 aromatic heterocycles. The summed E-state index contributed by atoms with van der Waals surface area (Å²) in [6.45, 7) is 4.38. The van der Waals surface area contributed by atoms with Crippen molar-refractivity contribution in [2.24, 2.45) is 5.73 Å². The van der Waals surface area contributed by atoms with Crippen LogP contribution in [0.4, 0.5) is 0 Å². The maximum atomic E-state index is 6.14. The highest BCUT2D eigenvalue weighted by molar-refractivity contribution is 5.40. The molecule has 1 aromatic carbocycles. The van der Waals surface area contributed by atoms with Gasteiger partial charge in [-0.05, 0) is 42.4 Å². The third-order valence-corrected chi connectivity index (χ3v) is 3.36. The van der Waals surface area contributed by atoms with Gasteiger partial charge in [-0.2, -0.15) is 0 Å². The second-order valence-electron chi connectivity index (χ2n) is 5.27. The van der Waals surface area contributed by atoms with Crippen LogP contribution in [-0.4, -0.2) is 12.6 Å². The molecule has 1 aliphatic carbocycles. The van der Waals surface area contributed by atoms with Gasteiger partial charge in [0.15, 0.2) is 0 Å². The Hall–Kier alpha value is -1.02. The van der Waals surface area contributed by atoms with Crippen molar-refractivity contribution in [1.29, 1.82) is 0 Å². The number of ether oxygens (including phenoxy) is 1. The van der Waals surface area contributed by atoms with Crippen molar-refractivity contribution >= 4 is 0 Å². The quantitative estimate of drug-likeness (QED) is 0.845. The summed E-state index contributed by atoms with van der Waals surface area (Å²) < 4.78 is 5.38. The highest BCUT2D eigenvalue weighted by Gasteiger charge is 2.38. The molecule has 2 N–H and O–H groups in total. The summed E-state index contributed by atoms with van der Waals surface area (Å²) in [7, 11) is 1.73. The van der Waals surface area contributed by atoms with Crippen molar-refractivity contribution in [1.82, 2.24) is 0 Å². The normalized spacial score (nSPS) is 17.6. The van der Waals surface area contributed by atoms with Gasteiger partial charge in [0.05, 0.1) is 7.11 Å². The molecule has 2 heteroatoms. The third-order valence-electron chi connectivity index (χ3n) is 3.36. The molecular weight excluding hydrogens is 198 g/mol. The van der Waals surface area contributed by atoms with E-state index in [9.17, 15) is 0 Å². The number of methoxy groups -OCH3 is 1. The van der Waals surface area contributed by atoms with Crippen molar-refractivity contribution < 1.29 is 4.74 Å². The number of benzene rings is 1. The first-order valence-electron chi connectivity index (χ1n) is 6.00. The monoisotopic (exact) mass is 219 g/mol. The van der Waals surface area contributed by atoms with Gasteiger partial charge < -0.3 is 10.5 Å². The molecule has 2 nitrogen and oxygen atoms in total. The fourth-order valence-electron chi connectivity index (χ4n) is 2.09. The highest BCUT2D eigenvalue weighted by atomic mass is 16.5. The van der Waals surface area contributed by atoms with Crippen LogP contribution < -0.4 is 10.5 Å². The summed E-state index contributed by atoms with van der Waals surface area (Å²) in [5.41, 5.74) is 8.85. The number of hydrogen-bond acceptors (Lipinski definition) is 2. The minimum absolute atomic E-state index is 0.0861. The van der Waals surface area contributed by atoms with Gasteiger partial charge in [0.25, 0.3) is 0 Å². The van der Waals surface area contributed by atoms with E-state index >= 15 is 0 Å². The van der Waals surface area contributed by atoms with E-state index < -0.39 is 0 Å². The minimum Gasteiger partial charge on any atom is -0.496 e. The number of nitrogens with two attached hydrogens (primary N) is 1. The molecule has 1 aromatic rings. The van der Waals surface area contributed by atoms with Crippen LogP contribution in [0.15, 0.2) is 18.2 Å². The van der Waals surface area contributed by atoms with E-state index in [1.165, 1.54) is 11.1 Å². The van der Waals surface area contributed by atoms with Gasteiger partial charge in [0.1, 0.15) is 5.75 Å². The highest BCUT2D eigenvalue weighted by Crippen LogP contribution is 2.37. The molecule has 0 spiro atoms. The molecule has 1 fully saturated rings. The molecule has 0 aliphatic heterocycles. The van der Waals surface area contributed by atoms with Crippen molar-refractivity contribution in [3.63, 3.8) is 0 Å². The Balaban J connectivity index is 2.24. The topological polar surface area (TPSA) is 35.2 Å². The predicted molar refractivity (Wildman–Crippen MR) is 66.9 cm³/mol. The van der Waals surface area contributed by atoms with Crippen LogP contribution in [0.3, 0.4) is 0 Å². The molecule has 16 heavy (non-hydrogen) atoms. The van der Waals surface area contributed by atoms with Crippen LogP contribution in [0.25, 0.3) is 0 Å². The van der Waals surface area contributed by atoms with Crippen molar-refractivity contribution in [2.75, 3.05) is 7.11 Å². The molecule has 88 valence electrons. The van der Waals surface area contributed by atoms with Crippen LogP contribution in [0.2, 0.25) is 0 Å². The second-order valence-corrected chi connectivity index (χ2v) is 5.27. The molecule has 1 aliphatic rings. The lowest BCUT2D eigenvalue weighted by Gasteiger charge is -2.15. The molecule has 0 radical (unpaired) electrons. The first-order chi connectivity index (χ1) is 7.54. The first-order valence-corrected chi connectivity index (χ1v) is 6.00. The Morgan fingerprint density at radius 2 is 2.06 bits per heavy atom. The SMILES string of the molecule is COc1ccc(CC2(N)CC2)cc1C(C)C. The molecule has 1 saturated carbocycles. The van der Waals surface area contributed by atoms with Gasteiger partial charge in [-0.3, -0.25) is 0 Å². The Bertz CT molecular complexity index is 380. The van der Waals surface area contributed by atoms with Gasteiger partial charge in [0.2, 0.25) is 0 Å². The van der Waals surface area contributed by atoms with E-state index in [2.05, 4.69) is 32.0 Å². The van der Waals surface area contributed by atoms with E-state index in [0.29, 0.717) is 5.92 Å². The Morgan fingerprint density at radius 3 is 2.56 bits per heavy atom. The van der Waals surface area contributed by atoms with Crippen LogP contribution in [0.5, 0.6) is 5.75 Å². The maximum Gasteiger partial charge on any atom is 0.122 e. The van der Waals surface area contributed by atoms with E-state index in [-0.39, 0.29) is 5.54 Å². The second kappa shape index (κ2) is 4.10. The summed E-state index contributed by atoms with van der Waals surface area (Å²) in [5, 5.41) is 0. The molecule has 0 unspecified atom stereocenters. The number of hydrogen-bond donors (Lipinski definition) is 1. The molecule has 0 atom stereocenters. The van der Waals surface area contributed by atoms with Gasteiger partial charge in [-0.15, -0.1) is 0 Å². The minimum atomic E-state index is 0.0861. The summed E-state index contributed by atoms with van der Waals surface area (Å²) in [5.74, 6) is 1.48. The maximum absolute atomic E-state index is 6.14. The first kappa shape index (κ1) is 11.5. The van der Waals surface area contributed by atoms with E-state index in [4.69, 9.17) is 10.5 Å². The molecule has 0 amide bonds. The molecule has 0 bridgehead atoms. The average molecular weight is 219 g/mol. The zero-order valence-electron chi connectivity index (χ0n) is 10.4. The predicted octanol–water partition coefficient (Wildman–Crippen LogP) is 2.85. The Labute approximate surface area is 97.8 Å². The van der Waals surface area contributed by atoms with E-state index in [1.807, 2.05) is 0 Å². The fraction of sp³-hybridized carbons (Fsp3) is 0.571.